The molecule has 5 unspecified atom stereocenters. The molecule has 0 aromatic heterocycles. The van der Waals surface area contributed by atoms with E-state index >= 15 is 0 Å². The third kappa shape index (κ3) is 7.61. The molecule has 46 heavy (non-hydrogen) atoms. The first-order valence-corrected chi connectivity index (χ1v) is 17.2. The number of benzene rings is 1. The van der Waals surface area contributed by atoms with Crippen LogP contribution >= 0.6 is 11.6 Å². The minimum atomic E-state index is -1.75. The van der Waals surface area contributed by atoms with E-state index in [9.17, 15) is 25.2 Å². The van der Waals surface area contributed by atoms with Gasteiger partial charge >= 0.3 is 5.97 Å². The molecule has 11 heteroatoms. The molecule has 3 heterocycles. The lowest BCUT2D eigenvalue weighted by atomic mass is 9.76. The highest BCUT2D eigenvalue weighted by atomic mass is 35.5. The Kier molecular flexibility index (Phi) is 11.9. The quantitative estimate of drug-likeness (QED) is 0.302. The van der Waals surface area contributed by atoms with Crippen molar-refractivity contribution in [2.24, 2.45) is 23.7 Å². The number of esters is 1. The molecule has 15 atom stereocenters. The predicted octanol–water partition coefficient (Wildman–Crippen LogP) is 3.92. The number of carbonyl (C=O) groups is 1. The van der Waals surface area contributed by atoms with Crippen LogP contribution in [0.4, 0.5) is 0 Å². The molecule has 0 radical (unpaired) electrons. The molecule has 0 spiro atoms. The van der Waals surface area contributed by atoms with Gasteiger partial charge in [0.25, 0.3) is 0 Å². The molecule has 2 bridgehead atoms. The summed E-state index contributed by atoms with van der Waals surface area (Å²) in [7, 11) is 1.96. The molecule has 1 aromatic rings. The van der Waals surface area contributed by atoms with E-state index in [0.717, 1.165) is 5.56 Å². The Morgan fingerprint density at radius 1 is 1.11 bits per heavy atom. The lowest BCUT2D eigenvalue weighted by molar-refractivity contribution is -0.302. The number of ether oxygens (including phenoxy) is 4. The van der Waals surface area contributed by atoms with Crippen molar-refractivity contribution in [2.75, 3.05) is 7.05 Å². The van der Waals surface area contributed by atoms with Crippen LogP contribution in [0.5, 0.6) is 0 Å². The van der Waals surface area contributed by atoms with Gasteiger partial charge in [-0.05, 0) is 77.6 Å². The van der Waals surface area contributed by atoms with Gasteiger partial charge in [0.2, 0.25) is 0 Å². The first-order chi connectivity index (χ1) is 21.4. The smallest absolute Gasteiger partial charge is 0.311 e. The Labute approximate surface area is 279 Å². The van der Waals surface area contributed by atoms with E-state index in [1.807, 2.05) is 65.9 Å². The zero-order chi connectivity index (χ0) is 34.3. The molecule has 3 aliphatic rings. The molecule has 262 valence electrons. The van der Waals surface area contributed by atoms with Gasteiger partial charge in [-0.2, -0.15) is 0 Å². The summed E-state index contributed by atoms with van der Waals surface area (Å²) in [5.41, 5.74) is -1.64. The number of hydrogen-bond acceptors (Lipinski definition) is 10. The van der Waals surface area contributed by atoms with E-state index in [2.05, 4.69) is 4.90 Å². The first-order valence-electron chi connectivity index (χ1n) is 16.8. The summed E-state index contributed by atoms with van der Waals surface area (Å²) in [6.07, 6.45) is -5.53. The molecule has 4 rings (SSSR count). The van der Waals surface area contributed by atoms with Gasteiger partial charge in [-0.3, -0.25) is 9.69 Å². The molecule has 4 N–H and O–H groups in total. The summed E-state index contributed by atoms with van der Waals surface area (Å²) >= 11 is 6.08. The van der Waals surface area contributed by atoms with Crippen LogP contribution in [0.1, 0.15) is 80.2 Å². The van der Waals surface area contributed by atoms with E-state index in [1.54, 1.807) is 13.8 Å². The Hall–Kier alpha value is -1.34. The van der Waals surface area contributed by atoms with Crippen molar-refractivity contribution < 1.29 is 44.2 Å². The van der Waals surface area contributed by atoms with Gasteiger partial charge in [0, 0.05) is 29.4 Å². The van der Waals surface area contributed by atoms with E-state index in [0.29, 0.717) is 24.4 Å². The Morgan fingerprint density at radius 2 is 1.74 bits per heavy atom. The second kappa shape index (κ2) is 14.6. The fourth-order valence-electron chi connectivity index (χ4n) is 8.12. The van der Waals surface area contributed by atoms with Gasteiger partial charge in [0.15, 0.2) is 6.29 Å². The Morgan fingerprint density at radius 3 is 2.35 bits per heavy atom. The number of aliphatic hydroxyl groups excluding tert-OH is 3. The van der Waals surface area contributed by atoms with Crippen molar-refractivity contribution in [3.05, 3.63) is 34.9 Å². The molecule has 0 aliphatic carbocycles. The van der Waals surface area contributed by atoms with Gasteiger partial charge in [-0.1, -0.05) is 51.4 Å². The second-order valence-electron chi connectivity index (χ2n) is 14.8. The van der Waals surface area contributed by atoms with Crippen molar-refractivity contribution >= 4 is 17.6 Å². The summed E-state index contributed by atoms with van der Waals surface area (Å²) in [5, 5.41) is 46.2. The average molecular weight is 670 g/mol. The second-order valence-corrected chi connectivity index (χ2v) is 15.2. The first kappa shape index (κ1) is 37.5. The molecule has 3 aliphatic heterocycles. The predicted molar refractivity (Wildman–Crippen MR) is 174 cm³/mol. The minimum Gasteiger partial charge on any atom is -0.459 e. The van der Waals surface area contributed by atoms with E-state index in [-0.39, 0.29) is 24.5 Å². The maximum atomic E-state index is 13.5. The van der Waals surface area contributed by atoms with Crippen LogP contribution in [0.25, 0.3) is 0 Å². The molecule has 3 saturated heterocycles. The number of halogens is 1. The number of rotatable bonds is 8. The molecule has 0 saturated carbocycles. The summed E-state index contributed by atoms with van der Waals surface area (Å²) < 4.78 is 25.7. The van der Waals surface area contributed by atoms with E-state index in [1.165, 1.54) is 6.92 Å². The number of nitrogens with zero attached hydrogens (tertiary/aromatic N) is 1. The van der Waals surface area contributed by atoms with Gasteiger partial charge < -0.3 is 39.4 Å². The maximum absolute atomic E-state index is 13.5. The van der Waals surface area contributed by atoms with Crippen molar-refractivity contribution in [2.45, 2.75) is 147 Å². The molecule has 0 amide bonds. The van der Waals surface area contributed by atoms with Crippen molar-refractivity contribution in [3.8, 4) is 0 Å². The van der Waals surface area contributed by atoms with Crippen molar-refractivity contribution in [1.82, 2.24) is 4.90 Å². The SMILES string of the molecule is CC[C@@H](O)[C@@](C)(O)[C@@H]1OC(=O)[C@H](C)[C@@H](O)[C@H](C)[C@H](O[C@@H]2OC(C)CC(N(C)Cc3ccc(Cl)cc3)C2O)[C@@]2(C)CC(C)C(O2)[C@@H]1C. The number of carbonyl (C=O) groups excluding carboxylic acids is 1. The Bertz CT molecular complexity index is 1170. The third-order valence-electron chi connectivity index (χ3n) is 10.9. The van der Waals surface area contributed by atoms with Crippen LogP contribution in [0.3, 0.4) is 0 Å². The third-order valence-corrected chi connectivity index (χ3v) is 11.1. The van der Waals surface area contributed by atoms with Crippen LogP contribution < -0.4 is 0 Å². The summed E-state index contributed by atoms with van der Waals surface area (Å²) in [5.74, 6) is -2.83. The highest BCUT2D eigenvalue weighted by Gasteiger charge is 2.57. The summed E-state index contributed by atoms with van der Waals surface area (Å²) in [6.45, 7) is 15.0. The van der Waals surface area contributed by atoms with Crippen LogP contribution in [0.2, 0.25) is 5.02 Å². The van der Waals surface area contributed by atoms with E-state index in [4.69, 9.17) is 30.5 Å². The van der Waals surface area contributed by atoms with Crippen LogP contribution in [-0.4, -0.2) is 105 Å². The topological polar surface area (TPSA) is 138 Å². The zero-order valence-corrected chi connectivity index (χ0v) is 29.6. The average Bonchev–Trinajstić information content (AvgIpc) is 3.32. The molecular formula is C35H56ClNO9. The van der Waals surface area contributed by atoms with E-state index < -0.39 is 77.8 Å². The fraction of sp³-hybridized carbons (Fsp3) is 0.800. The largest absolute Gasteiger partial charge is 0.459 e. The zero-order valence-electron chi connectivity index (χ0n) is 28.8. The van der Waals surface area contributed by atoms with Gasteiger partial charge in [0.05, 0.1) is 42.0 Å². The molecular weight excluding hydrogens is 614 g/mol. The summed E-state index contributed by atoms with van der Waals surface area (Å²) in [6, 6.07) is 7.33. The van der Waals surface area contributed by atoms with Gasteiger partial charge in [0.1, 0.15) is 17.8 Å². The highest BCUT2D eigenvalue weighted by Crippen LogP contribution is 2.47. The monoisotopic (exact) mass is 669 g/mol. The molecule has 3 fully saturated rings. The lowest BCUT2D eigenvalue weighted by Crippen LogP contribution is -2.59. The fourth-order valence-corrected chi connectivity index (χ4v) is 8.25. The molecule has 1 aromatic carbocycles. The maximum Gasteiger partial charge on any atom is 0.311 e. The van der Waals surface area contributed by atoms with Crippen molar-refractivity contribution in [3.63, 3.8) is 0 Å². The van der Waals surface area contributed by atoms with Gasteiger partial charge in [-0.15, -0.1) is 0 Å². The number of aliphatic hydroxyl groups is 4. The number of fused-ring (bicyclic) bond motifs is 2. The highest BCUT2D eigenvalue weighted by molar-refractivity contribution is 6.30. The lowest BCUT2D eigenvalue weighted by Gasteiger charge is -2.47. The number of hydrogen-bond donors (Lipinski definition) is 4. The number of cyclic esters (lactones) is 1. The standard InChI is InChI=1S/C35H56ClNO9/c1-10-26(38)35(8,42)31-22(6)29-18(2)16-34(7,46-29)30(20(4)27(39)21(5)32(41)44-31)45-33-28(40)25(15-19(3)43-33)37(9)17-23-11-13-24(36)14-12-23/h11-14,18-22,25-31,33,38-40,42H,10,15-17H2,1-9H3/t18?,19?,20-,21+,22-,25?,26+,27-,28?,29?,30-,31+,33-,34+,35+/m0/s1. The van der Waals surface area contributed by atoms with Crippen LogP contribution in [0, 0.1) is 23.7 Å². The van der Waals surface area contributed by atoms with Crippen molar-refractivity contribution in [1.29, 1.82) is 0 Å². The molecule has 10 nitrogen and oxygen atoms in total. The summed E-state index contributed by atoms with van der Waals surface area (Å²) in [4.78, 5) is 15.6. The minimum absolute atomic E-state index is 0.0440. The normalized spacial score (nSPS) is 42.6. The van der Waals surface area contributed by atoms with Crippen LogP contribution in [-0.2, 0) is 30.3 Å². The Balaban J connectivity index is 1.65. The van der Waals surface area contributed by atoms with Crippen LogP contribution in [0.15, 0.2) is 24.3 Å². The number of likely N-dealkylation sites (N-methyl/N-ethyl adjacent to an activating group) is 1. The van der Waals surface area contributed by atoms with Gasteiger partial charge in [-0.25, -0.2) is 0 Å².